The molecule has 106 valence electrons. The summed E-state index contributed by atoms with van der Waals surface area (Å²) in [6, 6.07) is 6.41. The molecule has 0 aliphatic carbocycles. The first-order chi connectivity index (χ1) is 9.56. The third-order valence-corrected chi connectivity index (χ3v) is 4.40. The Kier molecular flexibility index (Phi) is 4.91. The van der Waals surface area contributed by atoms with Crippen LogP contribution in [0.5, 0.6) is 0 Å². The minimum Gasteiger partial charge on any atom is -0.374 e. The summed E-state index contributed by atoms with van der Waals surface area (Å²) in [4.78, 5) is 13.4. The first kappa shape index (κ1) is 14.7. The fraction of sp³-hybridized carbons (Fsp3) is 0.250. The molecule has 1 amide bonds. The first-order valence-corrected chi connectivity index (χ1v) is 7.55. The molecule has 2 rings (SSSR count). The van der Waals surface area contributed by atoms with Crippen molar-refractivity contribution in [1.29, 1.82) is 0 Å². The van der Waals surface area contributed by atoms with E-state index in [1.807, 2.05) is 0 Å². The molecule has 0 aliphatic heterocycles. The van der Waals surface area contributed by atoms with Crippen molar-refractivity contribution in [2.24, 2.45) is 0 Å². The van der Waals surface area contributed by atoms with E-state index in [4.69, 9.17) is 5.73 Å². The second-order valence-electron chi connectivity index (χ2n) is 4.04. The predicted molar refractivity (Wildman–Crippen MR) is 77.9 cm³/mol. The number of thioether (sulfide) groups is 1. The van der Waals surface area contributed by atoms with Crippen LogP contribution < -0.4 is 5.73 Å². The van der Waals surface area contributed by atoms with Gasteiger partial charge in [-0.3, -0.25) is 4.79 Å². The van der Waals surface area contributed by atoms with Crippen molar-refractivity contribution in [3.8, 4) is 0 Å². The molecule has 5 nitrogen and oxygen atoms in total. The van der Waals surface area contributed by atoms with Gasteiger partial charge in [-0.1, -0.05) is 41.3 Å². The molecule has 0 spiro atoms. The number of hydrogen-bond donors (Lipinski definition) is 1. The quantitative estimate of drug-likeness (QED) is 0.855. The molecule has 0 fully saturated rings. The Balaban J connectivity index is 1.87. The van der Waals surface area contributed by atoms with Crippen molar-refractivity contribution in [2.45, 2.75) is 10.9 Å². The summed E-state index contributed by atoms with van der Waals surface area (Å²) in [6.45, 7) is 0.240. The van der Waals surface area contributed by atoms with Crippen LogP contribution in [0.2, 0.25) is 0 Å². The predicted octanol–water partition coefficient (Wildman–Crippen LogP) is 2.01. The van der Waals surface area contributed by atoms with Gasteiger partial charge >= 0.3 is 0 Å². The van der Waals surface area contributed by atoms with Gasteiger partial charge < -0.3 is 10.6 Å². The summed E-state index contributed by atoms with van der Waals surface area (Å²) in [6.07, 6.45) is 0. The highest BCUT2D eigenvalue weighted by molar-refractivity contribution is 8.01. The molecule has 1 aromatic heterocycles. The van der Waals surface area contributed by atoms with Gasteiger partial charge in [-0.15, -0.1) is 10.2 Å². The Morgan fingerprint density at radius 1 is 1.45 bits per heavy atom. The Labute approximate surface area is 124 Å². The Morgan fingerprint density at radius 2 is 2.20 bits per heavy atom. The lowest BCUT2D eigenvalue weighted by molar-refractivity contribution is -0.127. The zero-order chi connectivity index (χ0) is 14.5. The largest absolute Gasteiger partial charge is 0.374 e. The van der Waals surface area contributed by atoms with Crippen LogP contribution in [0.4, 0.5) is 9.52 Å². The molecule has 0 unspecified atom stereocenters. The lowest BCUT2D eigenvalue weighted by Gasteiger charge is -2.17. The lowest BCUT2D eigenvalue weighted by atomic mass is 10.2. The van der Waals surface area contributed by atoms with Gasteiger partial charge in [0.15, 0.2) is 4.34 Å². The summed E-state index contributed by atoms with van der Waals surface area (Å²) in [5.74, 6) is -0.191. The summed E-state index contributed by atoms with van der Waals surface area (Å²) >= 11 is 2.51. The van der Waals surface area contributed by atoms with Gasteiger partial charge in [-0.25, -0.2) is 4.39 Å². The highest BCUT2D eigenvalue weighted by Gasteiger charge is 2.13. The molecular formula is C12H13FN4OS2. The van der Waals surface area contributed by atoms with E-state index < -0.39 is 0 Å². The zero-order valence-corrected chi connectivity index (χ0v) is 12.4. The minimum absolute atomic E-state index is 0.105. The van der Waals surface area contributed by atoms with E-state index >= 15 is 0 Å². The van der Waals surface area contributed by atoms with Crippen LogP contribution >= 0.6 is 23.1 Å². The molecular weight excluding hydrogens is 299 g/mol. The van der Waals surface area contributed by atoms with E-state index in [0.29, 0.717) is 15.0 Å². The van der Waals surface area contributed by atoms with E-state index in [9.17, 15) is 9.18 Å². The molecule has 1 aromatic carbocycles. The molecule has 2 N–H and O–H groups in total. The number of nitrogen functional groups attached to an aromatic ring is 1. The van der Waals surface area contributed by atoms with E-state index in [1.54, 1.807) is 25.2 Å². The standard InChI is InChI=1S/C12H13FN4OS2/c1-17(6-8-4-2-3-5-9(8)13)10(18)7-19-12-16-15-11(14)20-12/h2-5H,6-7H2,1H3,(H2,14,15). The number of amides is 1. The number of aromatic nitrogens is 2. The smallest absolute Gasteiger partial charge is 0.233 e. The second kappa shape index (κ2) is 6.67. The maximum Gasteiger partial charge on any atom is 0.233 e. The van der Waals surface area contributed by atoms with Crippen LogP contribution in [0.15, 0.2) is 28.6 Å². The van der Waals surface area contributed by atoms with E-state index in [0.717, 1.165) is 0 Å². The third kappa shape index (κ3) is 3.91. The van der Waals surface area contributed by atoms with Gasteiger partial charge in [0.25, 0.3) is 0 Å². The first-order valence-electron chi connectivity index (χ1n) is 5.75. The lowest BCUT2D eigenvalue weighted by Crippen LogP contribution is -2.28. The van der Waals surface area contributed by atoms with Gasteiger partial charge in [0.1, 0.15) is 5.82 Å². The van der Waals surface area contributed by atoms with Crippen LogP contribution in [0.3, 0.4) is 0 Å². The summed E-state index contributed by atoms with van der Waals surface area (Å²) < 4.78 is 14.1. The highest BCUT2D eigenvalue weighted by Crippen LogP contribution is 2.23. The number of carbonyl (C=O) groups excluding carboxylic acids is 1. The van der Waals surface area contributed by atoms with Crippen molar-refractivity contribution in [1.82, 2.24) is 15.1 Å². The average Bonchev–Trinajstić information content (AvgIpc) is 2.84. The molecule has 2 aromatic rings. The monoisotopic (exact) mass is 312 g/mol. The van der Waals surface area contributed by atoms with Crippen molar-refractivity contribution < 1.29 is 9.18 Å². The van der Waals surface area contributed by atoms with E-state index in [1.165, 1.54) is 34.1 Å². The van der Waals surface area contributed by atoms with Gasteiger partial charge in [0.05, 0.1) is 5.75 Å². The number of halogens is 1. The molecule has 0 saturated heterocycles. The van der Waals surface area contributed by atoms with Crippen molar-refractivity contribution in [2.75, 3.05) is 18.5 Å². The number of carbonyl (C=O) groups is 1. The van der Waals surface area contributed by atoms with Crippen molar-refractivity contribution >= 4 is 34.1 Å². The van der Waals surface area contributed by atoms with Gasteiger partial charge in [-0.2, -0.15) is 0 Å². The molecule has 0 atom stereocenters. The molecule has 0 bridgehead atoms. The van der Waals surface area contributed by atoms with Crippen LogP contribution in [-0.4, -0.2) is 33.8 Å². The number of anilines is 1. The molecule has 0 radical (unpaired) electrons. The van der Waals surface area contributed by atoms with Crippen LogP contribution in [0, 0.1) is 5.82 Å². The Bertz CT molecular complexity index is 605. The number of rotatable bonds is 5. The third-order valence-electron chi connectivity index (χ3n) is 2.53. The topological polar surface area (TPSA) is 72.1 Å². The number of nitrogens with two attached hydrogens (primary N) is 1. The minimum atomic E-state index is -0.309. The van der Waals surface area contributed by atoms with Crippen molar-refractivity contribution in [3.63, 3.8) is 0 Å². The van der Waals surface area contributed by atoms with Crippen LogP contribution in [0.1, 0.15) is 5.56 Å². The van der Waals surface area contributed by atoms with Gasteiger partial charge in [-0.05, 0) is 6.07 Å². The fourth-order valence-electron chi connectivity index (χ4n) is 1.48. The molecule has 1 heterocycles. The zero-order valence-electron chi connectivity index (χ0n) is 10.7. The van der Waals surface area contributed by atoms with Crippen LogP contribution in [-0.2, 0) is 11.3 Å². The second-order valence-corrected chi connectivity index (χ2v) is 6.27. The van der Waals surface area contributed by atoms with Crippen LogP contribution in [0.25, 0.3) is 0 Å². The Hall–Kier alpha value is -1.67. The van der Waals surface area contributed by atoms with E-state index in [2.05, 4.69) is 10.2 Å². The van der Waals surface area contributed by atoms with Crippen molar-refractivity contribution in [3.05, 3.63) is 35.6 Å². The molecule has 0 aliphatic rings. The Morgan fingerprint density at radius 3 is 2.85 bits per heavy atom. The molecule has 8 heteroatoms. The normalized spacial score (nSPS) is 10.5. The maximum absolute atomic E-state index is 13.5. The maximum atomic E-state index is 13.5. The number of benzene rings is 1. The van der Waals surface area contributed by atoms with E-state index in [-0.39, 0.29) is 24.0 Å². The number of nitrogens with zero attached hydrogens (tertiary/aromatic N) is 3. The summed E-state index contributed by atoms with van der Waals surface area (Å²) in [7, 11) is 1.64. The average molecular weight is 312 g/mol. The SMILES string of the molecule is CN(Cc1ccccc1F)C(=O)CSc1nnc(N)s1. The van der Waals surface area contributed by atoms with Gasteiger partial charge in [0.2, 0.25) is 11.0 Å². The summed E-state index contributed by atoms with van der Waals surface area (Å²) in [5, 5.41) is 7.87. The number of hydrogen-bond acceptors (Lipinski definition) is 6. The fourth-order valence-corrected chi connectivity index (χ4v) is 3.06. The highest BCUT2D eigenvalue weighted by atomic mass is 32.2. The summed E-state index contributed by atoms with van der Waals surface area (Å²) in [5.41, 5.74) is 5.95. The molecule has 20 heavy (non-hydrogen) atoms. The van der Waals surface area contributed by atoms with Gasteiger partial charge in [0, 0.05) is 19.2 Å². The molecule has 0 saturated carbocycles.